The van der Waals surface area contributed by atoms with E-state index in [0.29, 0.717) is 5.56 Å². The zero-order valence-corrected chi connectivity index (χ0v) is 23.5. The van der Waals surface area contributed by atoms with Crippen LogP contribution in [0.3, 0.4) is 0 Å². The van der Waals surface area contributed by atoms with Gasteiger partial charge in [0.15, 0.2) is 0 Å². The van der Waals surface area contributed by atoms with Gasteiger partial charge in [-0.2, -0.15) is 0 Å². The first-order chi connectivity index (χ1) is 15.0. The Kier molecular flexibility index (Phi) is 11.2. The normalized spacial score (nSPS) is 19.8. The minimum atomic E-state index is -0.549. The predicted octanol–water partition coefficient (Wildman–Crippen LogP) is 8.11. The summed E-state index contributed by atoms with van der Waals surface area (Å²) in [5, 5.41) is 21.5. The van der Waals surface area contributed by atoms with Gasteiger partial charge in [0.05, 0.1) is 5.41 Å². The van der Waals surface area contributed by atoms with E-state index in [0.717, 1.165) is 17.6 Å². The van der Waals surface area contributed by atoms with Crippen LogP contribution in [0.15, 0.2) is 23.8 Å². The van der Waals surface area contributed by atoms with E-state index in [-0.39, 0.29) is 46.7 Å². The number of hydrogen-bond acceptors (Lipinski definition) is 4. The van der Waals surface area contributed by atoms with Crippen LogP contribution in [-0.4, -0.2) is 22.8 Å². The Bertz CT molecular complexity index is 781. The number of phenols is 2. The van der Waals surface area contributed by atoms with Gasteiger partial charge in [-0.25, -0.2) is 0 Å². The molecule has 2 atom stereocenters. The van der Waals surface area contributed by atoms with Crippen LogP contribution in [0.1, 0.15) is 113 Å². The number of allylic oxidation sites excluding steroid dienone is 1. The molecule has 0 fully saturated rings. The topological polar surface area (TPSA) is 66.8 Å². The molecule has 4 nitrogen and oxygen atoms in total. The Labute approximate surface area is 203 Å². The summed E-state index contributed by atoms with van der Waals surface area (Å²) in [5.74, 6) is 0.0918. The Morgan fingerprint density at radius 3 is 1.85 bits per heavy atom. The van der Waals surface area contributed by atoms with Gasteiger partial charge in [0.25, 0.3) is 0 Å². The Balaban J connectivity index is 0.00000242. The van der Waals surface area contributed by atoms with Gasteiger partial charge >= 0.3 is 5.97 Å². The summed E-state index contributed by atoms with van der Waals surface area (Å²) in [4.78, 5) is 12.2. The number of hydrogen-bond donors (Lipinski definition) is 2. The summed E-state index contributed by atoms with van der Waals surface area (Å²) in [6.45, 7) is 26.4. The van der Waals surface area contributed by atoms with E-state index < -0.39 is 5.41 Å². The molecule has 0 saturated heterocycles. The highest BCUT2D eigenvalue weighted by atomic mass is 16.5. The average Bonchev–Trinajstić information content (AvgIpc) is 2.70. The molecule has 0 amide bonds. The zero-order valence-electron chi connectivity index (χ0n) is 23.5. The van der Waals surface area contributed by atoms with E-state index >= 15 is 0 Å². The van der Waals surface area contributed by atoms with Gasteiger partial charge in [0.2, 0.25) is 0 Å². The number of ether oxygens (including phenoxy) is 1. The Morgan fingerprint density at radius 2 is 1.45 bits per heavy atom. The second-order valence-electron chi connectivity index (χ2n) is 11.3. The van der Waals surface area contributed by atoms with Gasteiger partial charge in [0, 0.05) is 11.5 Å². The summed E-state index contributed by atoms with van der Waals surface area (Å²) in [7, 11) is 0. The highest BCUT2D eigenvalue weighted by molar-refractivity contribution is 5.75. The molecule has 1 unspecified atom stereocenters. The van der Waals surface area contributed by atoms with Gasteiger partial charge < -0.3 is 14.9 Å². The number of carbonyl (C=O) groups is 1. The van der Waals surface area contributed by atoms with Crippen molar-refractivity contribution in [3.63, 3.8) is 0 Å². The van der Waals surface area contributed by atoms with Crippen molar-refractivity contribution < 1.29 is 19.7 Å². The predicted molar refractivity (Wildman–Crippen MR) is 140 cm³/mol. The number of aromatic hydroxyl groups is 2. The van der Waals surface area contributed by atoms with Crippen molar-refractivity contribution in [2.75, 3.05) is 6.61 Å². The second kappa shape index (κ2) is 11.9. The summed E-state index contributed by atoms with van der Waals surface area (Å²) in [5.41, 5.74) is 1.69. The molecule has 0 spiro atoms. The van der Waals surface area contributed by atoms with Crippen LogP contribution in [0, 0.1) is 16.7 Å². The van der Waals surface area contributed by atoms with Crippen LogP contribution in [-0.2, 0) is 14.9 Å². The number of rotatable bonds is 3. The van der Waals surface area contributed by atoms with Crippen LogP contribution in [0.25, 0.3) is 0 Å². The monoisotopic (exact) mass is 462 g/mol. The largest absolute Gasteiger partial charge is 0.507 e. The van der Waals surface area contributed by atoms with E-state index in [2.05, 4.69) is 26.8 Å². The summed E-state index contributed by atoms with van der Waals surface area (Å²) in [6, 6.07) is 3.51. The summed E-state index contributed by atoms with van der Waals surface area (Å²) >= 11 is 0. The fourth-order valence-electron chi connectivity index (χ4n) is 3.87. The Morgan fingerprint density at radius 1 is 1.00 bits per heavy atom. The van der Waals surface area contributed by atoms with Crippen molar-refractivity contribution in [2.45, 2.75) is 108 Å². The Hall–Kier alpha value is -1.97. The molecule has 0 radical (unpaired) electrons. The molecule has 0 heterocycles. The molecule has 4 heteroatoms. The number of esters is 1. The second-order valence-corrected chi connectivity index (χ2v) is 11.3. The number of carbonyl (C=O) groups excluding carboxylic acids is 1. The standard InChI is InChI=1S/C25H38O4.2C2H6/c1-15-17(14-29-22(28)24(5,6)7)10-16(13-25(15,8)9)21-19(26)11-18(12-20(21)27)23(2,3)4;2*1-2/h10-12,15-16,26-27H,13-14H2,1-9H3;2*1-2H3/t15-,16?;;/m1../s1. The molecular formula is C29H50O4. The van der Waals surface area contributed by atoms with Gasteiger partial charge in [-0.05, 0) is 67.2 Å². The molecule has 33 heavy (non-hydrogen) atoms. The molecule has 0 aromatic heterocycles. The first-order valence-electron chi connectivity index (χ1n) is 12.5. The van der Waals surface area contributed by atoms with Gasteiger partial charge in [-0.1, -0.05) is 75.3 Å². The molecule has 0 aliphatic heterocycles. The lowest BCUT2D eigenvalue weighted by atomic mass is 9.64. The van der Waals surface area contributed by atoms with Gasteiger partial charge in [0.1, 0.15) is 18.1 Å². The maximum absolute atomic E-state index is 12.2. The van der Waals surface area contributed by atoms with Crippen LogP contribution < -0.4 is 0 Å². The first-order valence-corrected chi connectivity index (χ1v) is 12.5. The fourth-order valence-corrected chi connectivity index (χ4v) is 3.87. The smallest absolute Gasteiger partial charge is 0.311 e. The molecule has 1 aliphatic carbocycles. The third kappa shape index (κ3) is 8.08. The molecule has 190 valence electrons. The van der Waals surface area contributed by atoms with Crippen molar-refractivity contribution in [3.05, 3.63) is 34.9 Å². The van der Waals surface area contributed by atoms with Gasteiger partial charge in [-0.3, -0.25) is 4.79 Å². The lowest BCUT2D eigenvalue weighted by Gasteiger charge is -2.41. The number of benzene rings is 1. The number of phenolic OH excluding ortho intramolecular Hbond substituents is 2. The SMILES string of the molecule is CC.CC.C[C@@H]1C(COC(=O)C(C)(C)C)=CC(c2c(O)cc(C(C)(C)C)cc2O)CC1(C)C. The van der Waals surface area contributed by atoms with E-state index in [1.165, 1.54) is 0 Å². The van der Waals surface area contributed by atoms with E-state index in [1.807, 2.05) is 69.2 Å². The van der Waals surface area contributed by atoms with Gasteiger partial charge in [-0.15, -0.1) is 0 Å². The lowest BCUT2D eigenvalue weighted by Crippen LogP contribution is -2.32. The van der Waals surface area contributed by atoms with Crippen molar-refractivity contribution in [2.24, 2.45) is 16.7 Å². The van der Waals surface area contributed by atoms with Crippen molar-refractivity contribution >= 4 is 5.97 Å². The molecule has 0 saturated carbocycles. The highest BCUT2D eigenvalue weighted by Gasteiger charge is 2.38. The van der Waals surface area contributed by atoms with Crippen LogP contribution in [0.4, 0.5) is 0 Å². The summed E-state index contributed by atoms with van der Waals surface area (Å²) < 4.78 is 5.59. The molecule has 0 bridgehead atoms. The van der Waals surface area contributed by atoms with Crippen molar-refractivity contribution in [1.82, 2.24) is 0 Å². The highest BCUT2D eigenvalue weighted by Crippen LogP contribution is 2.50. The maximum atomic E-state index is 12.2. The van der Waals surface area contributed by atoms with Crippen LogP contribution >= 0.6 is 0 Å². The van der Waals surface area contributed by atoms with Crippen LogP contribution in [0.5, 0.6) is 11.5 Å². The third-order valence-electron chi connectivity index (χ3n) is 6.25. The van der Waals surface area contributed by atoms with Crippen LogP contribution in [0.2, 0.25) is 0 Å². The fraction of sp³-hybridized carbons (Fsp3) is 0.690. The minimum absolute atomic E-state index is 0.0650. The molecule has 2 rings (SSSR count). The van der Waals surface area contributed by atoms with E-state index in [4.69, 9.17) is 4.74 Å². The molecular weight excluding hydrogens is 412 g/mol. The zero-order chi connectivity index (χ0) is 26.4. The van der Waals surface area contributed by atoms with Crippen molar-refractivity contribution in [3.8, 4) is 11.5 Å². The molecule has 1 aromatic carbocycles. The molecule has 2 N–H and O–H groups in total. The van der Waals surface area contributed by atoms with Crippen molar-refractivity contribution in [1.29, 1.82) is 0 Å². The van der Waals surface area contributed by atoms with E-state index in [1.54, 1.807) is 12.1 Å². The molecule has 1 aliphatic rings. The average molecular weight is 463 g/mol. The molecule has 1 aromatic rings. The maximum Gasteiger partial charge on any atom is 0.311 e. The quantitative estimate of drug-likeness (QED) is 0.351. The minimum Gasteiger partial charge on any atom is -0.507 e. The summed E-state index contributed by atoms with van der Waals surface area (Å²) in [6.07, 6.45) is 2.86. The lowest BCUT2D eigenvalue weighted by molar-refractivity contribution is -0.152. The van der Waals surface area contributed by atoms with E-state index in [9.17, 15) is 15.0 Å². The first kappa shape index (κ1) is 31.0. The third-order valence-corrected chi connectivity index (χ3v) is 6.25.